The second-order valence-corrected chi connectivity index (χ2v) is 5.49. The van der Waals surface area contributed by atoms with Crippen LogP contribution in [0, 0.1) is 11.3 Å². The van der Waals surface area contributed by atoms with Gasteiger partial charge in [-0.05, 0) is 29.3 Å². The summed E-state index contributed by atoms with van der Waals surface area (Å²) in [5.74, 6) is -0.0426. The monoisotopic (exact) mass is 280 g/mol. The van der Waals surface area contributed by atoms with Gasteiger partial charge in [-0.3, -0.25) is 4.90 Å². The lowest BCUT2D eigenvalue weighted by atomic mass is 9.92. The molecule has 2 aromatic carbocycles. The molecule has 1 aliphatic rings. The largest absolute Gasteiger partial charge is 0.379 e. The van der Waals surface area contributed by atoms with Crippen LogP contribution in [-0.4, -0.2) is 37.7 Å². The van der Waals surface area contributed by atoms with Crippen molar-refractivity contribution in [1.29, 1.82) is 5.26 Å². The Morgan fingerprint density at radius 2 is 1.86 bits per heavy atom. The van der Waals surface area contributed by atoms with Gasteiger partial charge < -0.3 is 4.74 Å². The summed E-state index contributed by atoms with van der Waals surface area (Å²) < 4.78 is 5.37. The van der Waals surface area contributed by atoms with Crippen LogP contribution in [0.5, 0.6) is 0 Å². The van der Waals surface area contributed by atoms with Crippen LogP contribution in [-0.2, 0) is 4.74 Å². The van der Waals surface area contributed by atoms with Crippen molar-refractivity contribution in [3.05, 3.63) is 48.0 Å². The van der Waals surface area contributed by atoms with Gasteiger partial charge >= 0.3 is 0 Å². The molecule has 0 bridgehead atoms. The molecule has 3 rings (SSSR count). The Kier molecular flexibility index (Phi) is 4.49. The van der Waals surface area contributed by atoms with E-state index in [1.165, 1.54) is 10.8 Å². The number of morpholine rings is 1. The van der Waals surface area contributed by atoms with Gasteiger partial charge in [0.2, 0.25) is 0 Å². The molecule has 0 spiro atoms. The van der Waals surface area contributed by atoms with Gasteiger partial charge in [0.1, 0.15) is 0 Å². The minimum absolute atomic E-state index is 0.0426. The second-order valence-electron chi connectivity index (χ2n) is 5.49. The minimum Gasteiger partial charge on any atom is -0.379 e. The SMILES string of the molecule is N#C[C@H](CCN1CCOCC1)c1cccc2ccccc12. The Balaban J connectivity index is 1.77. The van der Waals surface area contributed by atoms with Crippen LogP contribution < -0.4 is 0 Å². The molecule has 0 unspecified atom stereocenters. The van der Waals surface area contributed by atoms with Crippen molar-refractivity contribution >= 4 is 10.8 Å². The molecule has 0 saturated carbocycles. The predicted octanol–water partition coefficient (Wildman–Crippen LogP) is 3.17. The molecule has 0 radical (unpaired) electrons. The first-order valence-corrected chi connectivity index (χ1v) is 7.56. The third-order valence-corrected chi connectivity index (χ3v) is 4.19. The molecular weight excluding hydrogens is 260 g/mol. The van der Waals surface area contributed by atoms with Crippen molar-refractivity contribution < 1.29 is 4.74 Å². The second kappa shape index (κ2) is 6.71. The molecule has 1 fully saturated rings. The van der Waals surface area contributed by atoms with Crippen LogP contribution in [0.3, 0.4) is 0 Å². The number of fused-ring (bicyclic) bond motifs is 1. The molecule has 0 aromatic heterocycles. The first-order valence-electron chi connectivity index (χ1n) is 7.56. The molecule has 1 atom stereocenters. The van der Waals surface area contributed by atoms with Crippen LogP contribution in [0.1, 0.15) is 17.9 Å². The number of hydrogen-bond donors (Lipinski definition) is 0. The summed E-state index contributed by atoms with van der Waals surface area (Å²) in [5.41, 5.74) is 1.16. The van der Waals surface area contributed by atoms with Crippen molar-refractivity contribution in [3.63, 3.8) is 0 Å². The smallest absolute Gasteiger partial charge is 0.0730 e. The molecule has 1 heterocycles. The van der Waals surface area contributed by atoms with Gasteiger partial charge in [0.05, 0.1) is 25.2 Å². The number of benzene rings is 2. The van der Waals surface area contributed by atoms with E-state index in [2.05, 4.69) is 41.3 Å². The van der Waals surface area contributed by atoms with E-state index in [-0.39, 0.29) is 5.92 Å². The summed E-state index contributed by atoms with van der Waals surface area (Å²) in [6, 6.07) is 17.1. The molecular formula is C18H20N2O. The fourth-order valence-corrected chi connectivity index (χ4v) is 2.98. The van der Waals surface area contributed by atoms with Crippen LogP contribution in [0.15, 0.2) is 42.5 Å². The first kappa shape index (κ1) is 14.1. The summed E-state index contributed by atoms with van der Waals surface area (Å²) in [7, 11) is 0. The first-order chi connectivity index (χ1) is 10.4. The Labute approximate surface area is 125 Å². The summed E-state index contributed by atoms with van der Waals surface area (Å²) in [6.45, 7) is 4.54. The lowest BCUT2D eigenvalue weighted by Gasteiger charge is -2.27. The van der Waals surface area contributed by atoms with Crippen LogP contribution >= 0.6 is 0 Å². The third kappa shape index (κ3) is 3.24. The van der Waals surface area contributed by atoms with Gasteiger partial charge in [0.25, 0.3) is 0 Å². The highest BCUT2D eigenvalue weighted by Gasteiger charge is 2.16. The zero-order valence-corrected chi connectivity index (χ0v) is 12.2. The molecule has 3 heteroatoms. The van der Waals surface area contributed by atoms with Gasteiger partial charge in [-0.25, -0.2) is 0 Å². The lowest BCUT2D eigenvalue weighted by Crippen LogP contribution is -2.37. The highest BCUT2D eigenvalue weighted by Crippen LogP contribution is 2.27. The maximum Gasteiger partial charge on any atom is 0.0730 e. The van der Waals surface area contributed by atoms with E-state index in [4.69, 9.17) is 4.74 Å². The molecule has 0 aliphatic carbocycles. The van der Waals surface area contributed by atoms with Gasteiger partial charge in [-0.1, -0.05) is 42.5 Å². The minimum atomic E-state index is -0.0426. The normalized spacial score (nSPS) is 17.5. The highest BCUT2D eigenvalue weighted by molar-refractivity contribution is 5.86. The fraction of sp³-hybridized carbons (Fsp3) is 0.389. The van der Waals surface area contributed by atoms with Crippen molar-refractivity contribution in [2.45, 2.75) is 12.3 Å². The van der Waals surface area contributed by atoms with E-state index < -0.39 is 0 Å². The van der Waals surface area contributed by atoms with Gasteiger partial charge in [-0.2, -0.15) is 5.26 Å². The topological polar surface area (TPSA) is 36.3 Å². The Hall–Kier alpha value is -1.89. The van der Waals surface area contributed by atoms with Gasteiger partial charge in [-0.15, -0.1) is 0 Å². The average Bonchev–Trinajstić information content (AvgIpc) is 2.56. The molecule has 108 valence electrons. The zero-order valence-electron chi connectivity index (χ0n) is 12.2. The maximum atomic E-state index is 9.58. The molecule has 0 N–H and O–H groups in total. The fourth-order valence-electron chi connectivity index (χ4n) is 2.98. The van der Waals surface area contributed by atoms with Crippen molar-refractivity contribution in [2.75, 3.05) is 32.8 Å². The van der Waals surface area contributed by atoms with Crippen LogP contribution in [0.2, 0.25) is 0 Å². The summed E-state index contributed by atoms with van der Waals surface area (Å²) >= 11 is 0. The molecule has 1 saturated heterocycles. The number of nitrogens with zero attached hydrogens (tertiary/aromatic N) is 2. The van der Waals surface area contributed by atoms with Gasteiger partial charge in [0.15, 0.2) is 0 Å². The van der Waals surface area contributed by atoms with E-state index in [9.17, 15) is 5.26 Å². The Morgan fingerprint density at radius 1 is 1.10 bits per heavy atom. The summed E-state index contributed by atoms with van der Waals surface area (Å²) in [6.07, 6.45) is 0.879. The van der Waals surface area contributed by atoms with Crippen molar-refractivity contribution in [1.82, 2.24) is 4.90 Å². The molecule has 21 heavy (non-hydrogen) atoms. The van der Waals surface area contributed by atoms with Crippen LogP contribution in [0.25, 0.3) is 10.8 Å². The molecule has 0 amide bonds. The van der Waals surface area contributed by atoms with E-state index in [1.54, 1.807) is 0 Å². The van der Waals surface area contributed by atoms with E-state index in [0.717, 1.165) is 44.8 Å². The predicted molar refractivity (Wildman–Crippen MR) is 84.2 cm³/mol. The van der Waals surface area contributed by atoms with Crippen molar-refractivity contribution in [3.8, 4) is 6.07 Å². The number of rotatable bonds is 4. The standard InChI is InChI=1S/C18H20N2O/c19-14-16(8-9-20-10-12-21-13-11-20)18-7-3-5-15-4-1-2-6-17(15)18/h1-7,16H,8-13H2/t16-/m0/s1. The molecule has 3 nitrogen and oxygen atoms in total. The maximum absolute atomic E-state index is 9.58. The van der Waals surface area contributed by atoms with Crippen molar-refractivity contribution in [2.24, 2.45) is 0 Å². The quantitative estimate of drug-likeness (QED) is 0.863. The highest BCUT2D eigenvalue weighted by atomic mass is 16.5. The van der Waals surface area contributed by atoms with E-state index >= 15 is 0 Å². The zero-order chi connectivity index (χ0) is 14.5. The average molecular weight is 280 g/mol. The third-order valence-electron chi connectivity index (χ3n) is 4.19. The number of nitriles is 1. The van der Waals surface area contributed by atoms with Gasteiger partial charge in [0, 0.05) is 13.1 Å². The Bertz CT molecular complexity index is 636. The molecule has 2 aromatic rings. The number of hydrogen-bond acceptors (Lipinski definition) is 3. The Morgan fingerprint density at radius 3 is 2.67 bits per heavy atom. The van der Waals surface area contributed by atoms with E-state index in [1.807, 2.05) is 12.1 Å². The number of ether oxygens (including phenoxy) is 1. The van der Waals surface area contributed by atoms with E-state index in [0.29, 0.717) is 0 Å². The summed E-state index contributed by atoms with van der Waals surface area (Å²) in [5, 5.41) is 12.0. The summed E-state index contributed by atoms with van der Waals surface area (Å²) in [4.78, 5) is 2.39. The lowest BCUT2D eigenvalue weighted by molar-refractivity contribution is 0.0371. The van der Waals surface area contributed by atoms with Crippen LogP contribution in [0.4, 0.5) is 0 Å². The molecule has 1 aliphatic heterocycles.